The highest BCUT2D eigenvalue weighted by Gasteiger charge is 2.53. The van der Waals surface area contributed by atoms with Gasteiger partial charge in [0.25, 0.3) is 0 Å². The molecule has 3 aliphatic rings. The second kappa shape index (κ2) is 12.9. The number of nitrogens with zero attached hydrogens (tertiary/aromatic N) is 6. The molecule has 1 saturated carbocycles. The number of ether oxygens (including phenoxy) is 1. The summed E-state index contributed by atoms with van der Waals surface area (Å²) >= 11 is 0. The number of nitriles is 1. The number of benzene rings is 2. The maximum Gasteiger partial charge on any atom is 0.407 e. The van der Waals surface area contributed by atoms with Crippen LogP contribution < -0.4 is 10.2 Å². The summed E-state index contributed by atoms with van der Waals surface area (Å²) in [6.07, 6.45) is 5.73. The van der Waals surface area contributed by atoms with Gasteiger partial charge >= 0.3 is 6.09 Å². The Morgan fingerprint density at radius 1 is 1.14 bits per heavy atom. The van der Waals surface area contributed by atoms with Gasteiger partial charge in [-0.05, 0) is 100.0 Å². The van der Waals surface area contributed by atoms with Gasteiger partial charge in [0.2, 0.25) is 0 Å². The van der Waals surface area contributed by atoms with Crippen molar-refractivity contribution in [2.75, 3.05) is 44.7 Å². The number of hydrogen-bond acceptors (Lipinski definition) is 7. The Hall–Kier alpha value is -3.97. The van der Waals surface area contributed by atoms with Crippen LogP contribution in [0.2, 0.25) is 0 Å². The number of alkyl carbamates (subject to hydrolysis) is 1. The lowest BCUT2D eigenvalue weighted by Crippen LogP contribution is -2.55. The smallest absolute Gasteiger partial charge is 0.407 e. The lowest BCUT2D eigenvalue weighted by molar-refractivity contribution is 0.00164. The molecule has 0 bridgehead atoms. The molecule has 10 heteroatoms. The molecule has 1 unspecified atom stereocenters. The number of likely N-dealkylation sites (tertiary alicyclic amines) is 1. The predicted octanol–water partition coefficient (Wildman–Crippen LogP) is 4.91. The van der Waals surface area contributed by atoms with Crippen molar-refractivity contribution in [2.45, 2.75) is 57.1 Å². The van der Waals surface area contributed by atoms with E-state index >= 15 is 0 Å². The maximum absolute atomic E-state index is 15.0. The van der Waals surface area contributed by atoms with E-state index in [9.17, 15) is 9.18 Å². The Balaban J connectivity index is 1.22. The maximum atomic E-state index is 15.0. The van der Waals surface area contributed by atoms with Crippen LogP contribution in [0.3, 0.4) is 0 Å². The fourth-order valence-electron chi connectivity index (χ4n) is 8.11. The number of anilines is 1. The van der Waals surface area contributed by atoms with Gasteiger partial charge in [-0.1, -0.05) is 12.1 Å². The van der Waals surface area contributed by atoms with Gasteiger partial charge in [0.05, 0.1) is 11.6 Å². The van der Waals surface area contributed by atoms with Gasteiger partial charge in [0.1, 0.15) is 24.1 Å². The third-order valence-electron chi connectivity index (χ3n) is 10.3. The van der Waals surface area contributed by atoms with Crippen molar-refractivity contribution in [3.63, 3.8) is 0 Å². The molecule has 2 aliphatic heterocycles. The molecule has 2 saturated heterocycles. The highest BCUT2D eigenvalue weighted by Crippen LogP contribution is 2.52. The van der Waals surface area contributed by atoms with Crippen molar-refractivity contribution in [3.8, 4) is 6.07 Å². The lowest BCUT2D eigenvalue weighted by Gasteiger charge is -2.51. The molecule has 6 rings (SSSR count). The number of carbonyl (C=O) groups excluding carboxylic acids is 1. The number of amides is 1. The van der Waals surface area contributed by atoms with E-state index in [4.69, 9.17) is 10.00 Å². The van der Waals surface area contributed by atoms with Gasteiger partial charge in [0.15, 0.2) is 0 Å². The first kappa shape index (κ1) is 30.1. The van der Waals surface area contributed by atoms with Crippen LogP contribution in [0.1, 0.15) is 49.1 Å². The highest BCUT2D eigenvalue weighted by atomic mass is 19.1. The lowest BCUT2D eigenvalue weighted by atomic mass is 9.58. The second-order valence-electron chi connectivity index (χ2n) is 12.8. The molecule has 3 fully saturated rings. The summed E-state index contributed by atoms with van der Waals surface area (Å²) in [6, 6.07) is 17.1. The quantitative estimate of drug-likeness (QED) is 0.373. The van der Waals surface area contributed by atoms with E-state index < -0.39 is 11.5 Å². The van der Waals surface area contributed by atoms with E-state index in [0.717, 1.165) is 76.2 Å². The van der Waals surface area contributed by atoms with E-state index in [1.165, 1.54) is 11.8 Å². The number of piperidine rings is 1. The minimum Gasteiger partial charge on any atom is -0.446 e. The summed E-state index contributed by atoms with van der Waals surface area (Å²) in [4.78, 5) is 17.4. The van der Waals surface area contributed by atoms with Crippen LogP contribution in [0.25, 0.3) is 0 Å². The van der Waals surface area contributed by atoms with Gasteiger partial charge in [-0.2, -0.15) is 5.26 Å². The number of rotatable bonds is 9. The van der Waals surface area contributed by atoms with Gasteiger partial charge in [-0.25, -0.2) is 9.18 Å². The molecular formula is C34H42FN7O2. The third-order valence-corrected chi connectivity index (χ3v) is 10.3. The zero-order chi connectivity index (χ0) is 30.7. The van der Waals surface area contributed by atoms with Crippen molar-refractivity contribution in [1.29, 1.82) is 5.26 Å². The summed E-state index contributed by atoms with van der Waals surface area (Å²) in [5.74, 6) is 1.48. The summed E-state index contributed by atoms with van der Waals surface area (Å²) in [5, 5.41) is 20.2. The zero-order valence-electron chi connectivity index (χ0n) is 25.7. The van der Waals surface area contributed by atoms with E-state index in [1.807, 2.05) is 37.3 Å². The normalized spacial score (nSPS) is 22.6. The van der Waals surface area contributed by atoms with Gasteiger partial charge in [-0.15, -0.1) is 10.2 Å². The number of nitrogens with one attached hydrogen (secondary N) is 1. The molecular weight excluding hydrogens is 557 g/mol. The van der Waals surface area contributed by atoms with Crippen molar-refractivity contribution in [1.82, 2.24) is 25.0 Å². The zero-order valence-corrected chi connectivity index (χ0v) is 25.7. The highest BCUT2D eigenvalue weighted by molar-refractivity contribution is 5.67. The van der Waals surface area contributed by atoms with Crippen LogP contribution in [0.5, 0.6) is 0 Å². The van der Waals surface area contributed by atoms with Crippen LogP contribution in [0.15, 0.2) is 54.9 Å². The minimum absolute atomic E-state index is 0.0348. The molecule has 9 nitrogen and oxygen atoms in total. The summed E-state index contributed by atoms with van der Waals surface area (Å²) in [6.45, 7) is 7.62. The van der Waals surface area contributed by atoms with Crippen LogP contribution in [-0.2, 0) is 16.7 Å². The van der Waals surface area contributed by atoms with Crippen molar-refractivity contribution in [3.05, 3.63) is 77.6 Å². The topological polar surface area (TPSA) is 99.3 Å². The van der Waals surface area contributed by atoms with E-state index in [0.29, 0.717) is 18.0 Å². The monoisotopic (exact) mass is 599 g/mol. The average Bonchev–Trinajstić information content (AvgIpc) is 3.66. The van der Waals surface area contributed by atoms with E-state index in [1.54, 1.807) is 19.4 Å². The van der Waals surface area contributed by atoms with Crippen molar-refractivity contribution in [2.24, 2.45) is 17.8 Å². The molecule has 1 amide bonds. The first-order chi connectivity index (χ1) is 21.4. The molecule has 3 aromatic rings. The van der Waals surface area contributed by atoms with E-state index in [-0.39, 0.29) is 23.8 Å². The summed E-state index contributed by atoms with van der Waals surface area (Å²) in [5.41, 5.74) is 2.37. The van der Waals surface area contributed by atoms with Gasteiger partial charge in [0, 0.05) is 56.2 Å². The fourth-order valence-corrected chi connectivity index (χ4v) is 8.11. The second-order valence-corrected chi connectivity index (χ2v) is 12.8. The average molecular weight is 600 g/mol. The van der Waals surface area contributed by atoms with Crippen molar-refractivity contribution >= 4 is 11.8 Å². The Kier molecular flexibility index (Phi) is 8.85. The number of halogens is 1. The standard InChI is InChI=1S/C34H42FN7O2/c1-24-39-38-23-42(24)22-34(28-5-3-6-29(35)17-28,31-7-4-8-32(31)44-33(43)37-2)27-13-15-40(16-14-27)19-26-20-41(21-26)30-11-9-25(18-36)10-12-30/h3,5-6,9-12,17,23,26-27,31-32H,4,7-8,13-16,19-22H2,1-2H3,(H,37,43)/t31-,32-,34?/m0/s1. The Morgan fingerprint density at radius 2 is 1.91 bits per heavy atom. The SMILES string of the molecule is CNC(=O)O[C@H]1CCC[C@@H]1C(Cn1cnnc1C)(c1cccc(F)c1)C1CCN(CC2CN(c3ccc(C#N)cc3)C2)CC1. The minimum atomic E-state index is -0.459. The number of aryl methyl sites for hydroxylation is 1. The molecule has 2 aromatic carbocycles. The largest absolute Gasteiger partial charge is 0.446 e. The predicted molar refractivity (Wildman–Crippen MR) is 166 cm³/mol. The number of carbonyl (C=O) groups is 1. The van der Waals surface area contributed by atoms with Crippen LogP contribution in [-0.4, -0.2) is 71.6 Å². The van der Waals surface area contributed by atoms with Crippen LogP contribution in [0.4, 0.5) is 14.9 Å². The van der Waals surface area contributed by atoms with Crippen LogP contribution >= 0.6 is 0 Å². The van der Waals surface area contributed by atoms with E-state index in [2.05, 4.69) is 42.0 Å². The fraction of sp³-hybridized carbons (Fsp3) is 0.529. The molecule has 3 atom stereocenters. The molecule has 0 spiro atoms. The molecule has 0 radical (unpaired) electrons. The van der Waals surface area contributed by atoms with Crippen LogP contribution in [0, 0.1) is 41.8 Å². The molecule has 1 N–H and O–H groups in total. The molecule has 3 heterocycles. The molecule has 232 valence electrons. The Morgan fingerprint density at radius 3 is 2.57 bits per heavy atom. The first-order valence-corrected chi connectivity index (χ1v) is 15.9. The molecule has 44 heavy (non-hydrogen) atoms. The summed E-state index contributed by atoms with van der Waals surface area (Å²) in [7, 11) is 1.59. The Bertz CT molecular complexity index is 1470. The number of hydrogen-bond donors (Lipinski definition) is 1. The molecule has 1 aromatic heterocycles. The Labute approximate surface area is 259 Å². The first-order valence-electron chi connectivity index (χ1n) is 15.9. The van der Waals surface area contributed by atoms with Gasteiger partial charge < -0.3 is 24.4 Å². The van der Waals surface area contributed by atoms with Crippen molar-refractivity contribution < 1.29 is 13.9 Å². The van der Waals surface area contributed by atoms with Gasteiger partial charge in [-0.3, -0.25) is 0 Å². The summed E-state index contributed by atoms with van der Waals surface area (Å²) < 4.78 is 23.1. The number of aromatic nitrogens is 3. The third kappa shape index (κ3) is 6.03. The molecule has 1 aliphatic carbocycles.